The van der Waals surface area contributed by atoms with Crippen molar-refractivity contribution in [3.63, 3.8) is 0 Å². The van der Waals surface area contributed by atoms with Gasteiger partial charge < -0.3 is 10.6 Å². The van der Waals surface area contributed by atoms with Gasteiger partial charge in [-0.3, -0.25) is 9.52 Å². The van der Waals surface area contributed by atoms with E-state index in [1.54, 1.807) is 4.90 Å². The van der Waals surface area contributed by atoms with Crippen molar-refractivity contribution < 1.29 is 17.6 Å². The number of carbonyl (C=O) groups is 1. The van der Waals surface area contributed by atoms with Crippen molar-refractivity contribution in [2.75, 3.05) is 17.8 Å². The highest BCUT2D eigenvalue weighted by molar-refractivity contribution is 7.92. The predicted octanol–water partition coefficient (Wildman–Crippen LogP) is 2.86. The lowest BCUT2D eigenvalue weighted by Gasteiger charge is -2.21. The minimum Gasteiger partial charge on any atom is -0.336 e. The van der Waals surface area contributed by atoms with E-state index in [4.69, 9.17) is 5.73 Å². The third kappa shape index (κ3) is 4.63. The number of nitrogens with one attached hydrogen (secondary N) is 1. The molecule has 6 nitrogen and oxygen atoms in total. The maximum Gasteiger partial charge on any atom is 0.261 e. The van der Waals surface area contributed by atoms with Crippen LogP contribution in [0, 0.1) is 11.7 Å². The van der Waals surface area contributed by atoms with E-state index in [2.05, 4.69) is 4.72 Å². The normalized spacial score (nSPS) is 19.2. The largest absolute Gasteiger partial charge is 0.336 e. The van der Waals surface area contributed by atoms with Crippen LogP contribution in [0.5, 0.6) is 0 Å². The molecule has 1 aliphatic heterocycles. The average molecular weight is 428 g/mol. The number of halogens is 2. The molecule has 1 amide bonds. The summed E-state index contributed by atoms with van der Waals surface area (Å²) in [6.07, 6.45) is 0.862. The number of anilines is 1. The number of nitrogens with zero attached hydrogens (tertiary/aromatic N) is 1. The van der Waals surface area contributed by atoms with E-state index >= 15 is 0 Å². The Morgan fingerprint density at radius 1 is 1.21 bits per heavy atom. The highest BCUT2D eigenvalue weighted by atomic mass is 35.5. The molecule has 9 heteroatoms. The van der Waals surface area contributed by atoms with Gasteiger partial charge >= 0.3 is 0 Å². The summed E-state index contributed by atoms with van der Waals surface area (Å²) in [4.78, 5) is 14.4. The Kier molecular flexibility index (Phi) is 7.03. The van der Waals surface area contributed by atoms with Crippen LogP contribution < -0.4 is 10.5 Å². The van der Waals surface area contributed by atoms with Gasteiger partial charge in [-0.15, -0.1) is 12.4 Å². The van der Waals surface area contributed by atoms with Gasteiger partial charge in [0.1, 0.15) is 5.82 Å². The summed E-state index contributed by atoms with van der Waals surface area (Å²) in [5.41, 5.74) is 5.98. The van der Waals surface area contributed by atoms with E-state index in [1.165, 1.54) is 48.5 Å². The van der Waals surface area contributed by atoms with E-state index in [-0.39, 0.29) is 40.9 Å². The van der Waals surface area contributed by atoms with Gasteiger partial charge in [0.15, 0.2) is 0 Å². The quantitative estimate of drug-likeness (QED) is 0.767. The topological polar surface area (TPSA) is 92.5 Å². The summed E-state index contributed by atoms with van der Waals surface area (Å²) in [6, 6.07) is 11.3. The van der Waals surface area contributed by atoms with Crippen LogP contribution >= 0.6 is 12.4 Å². The molecule has 3 N–H and O–H groups in total. The van der Waals surface area contributed by atoms with Crippen LogP contribution in [-0.2, 0) is 10.0 Å². The first-order chi connectivity index (χ1) is 12.8. The highest BCUT2D eigenvalue weighted by Gasteiger charge is 2.32. The standard InChI is InChI=1S/C19H22FN3O3S.ClH/c1-13-10-14(11-21)12-23(13)19(24)15-6-8-16(9-7-15)27(25,26)22-18-5-3-2-4-17(18)20;/h2-9,13-14,22H,10-12,21H2,1H3;1H. The molecular formula is C19H23ClFN3O3S. The number of rotatable bonds is 5. The van der Waals surface area contributed by atoms with E-state index in [0.29, 0.717) is 18.7 Å². The van der Waals surface area contributed by atoms with Gasteiger partial charge in [0.2, 0.25) is 0 Å². The van der Waals surface area contributed by atoms with Gasteiger partial charge in [0.25, 0.3) is 15.9 Å². The number of benzene rings is 2. The fourth-order valence-corrected chi connectivity index (χ4v) is 4.35. The van der Waals surface area contributed by atoms with Crippen LogP contribution in [0.1, 0.15) is 23.7 Å². The van der Waals surface area contributed by atoms with Crippen molar-refractivity contribution in [2.24, 2.45) is 11.7 Å². The summed E-state index contributed by atoms with van der Waals surface area (Å²) in [7, 11) is -3.95. The van der Waals surface area contributed by atoms with E-state index in [9.17, 15) is 17.6 Å². The molecule has 1 aliphatic rings. The Morgan fingerprint density at radius 2 is 1.86 bits per heavy atom. The summed E-state index contributed by atoms with van der Waals surface area (Å²) in [5, 5.41) is 0. The first kappa shape index (κ1) is 22.1. The summed E-state index contributed by atoms with van der Waals surface area (Å²) in [5.74, 6) is -0.525. The molecule has 0 aromatic heterocycles. The Balaban J connectivity index is 0.00000280. The number of likely N-dealkylation sites (tertiary alicyclic amines) is 1. The molecule has 0 radical (unpaired) electrons. The van der Waals surface area contributed by atoms with Gasteiger partial charge in [0.05, 0.1) is 10.6 Å². The van der Waals surface area contributed by atoms with Gasteiger partial charge in [-0.2, -0.15) is 0 Å². The zero-order valence-corrected chi connectivity index (χ0v) is 17.0. The minimum absolute atomic E-state index is 0. The fourth-order valence-electron chi connectivity index (χ4n) is 3.29. The molecule has 0 saturated carbocycles. The first-order valence-corrected chi connectivity index (χ1v) is 10.2. The van der Waals surface area contributed by atoms with Crippen LogP contribution in [0.15, 0.2) is 53.4 Å². The van der Waals surface area contributed by atoms with Gasteiger partial charge in [0, 0.05) is 18.2 Å². The molecule has 0 bridgehead atoms. The maximum absolute atomic E-state index is 13.7. The lowest BCUT2D eigenvalue weighted by Crippen LogP contribution is -2.34. The third-order valence-electron chi connectivity index (χ3n) is 4.79. The Morgan fingerprint density at radius 3 is 2.43 bits per heavy atom. The average Bonchev–Trinajstić information content (AvgIpc) is 3.04. The SMILES string of the molecule is CC1CC(CN)CN1C(=O)c1ccc(S(=O)(=O)Nc2ccccc2F)cc1.Cl. The smallest absolute Gasteiger partial charge is 0.261 e. The molecule has 0 aliphatic carbocycles. The van der Waals surface area contributed by atoms with Crippen molar-refractivity contribution in [1.29, 1.82) is 0 Å². The number of amides is 1. The number of para-hydroxylation sites is 1. The second-order valence-electron chi connectivity index (χ2n) is 6.75. The second-order valence-corrected chi connectivity index (χ2v) is 8.44. The molecule has 28 heavy (non-hydrogen) atoms. The lowest BCUT2D eigenvalue weighted by atomic mass is 10.1. The van der Waals surface area contributed by atoms with Crippen LogP contribution in [0.2, 0.25) is 0 Å². The third-order valence-corrected chi connectivity index (χ3v) is 6.17. The number of hydrogen-bond donors (Lipinski definition) is 2. The molecule has 152 valence electrons. The van der Waals surface area contributed by atoms with E-state index in [0.717, 1.165) is 6.42 Å². The van der Waals surface area contributed by atoms with E-state index < -0.39 is 15.8 Å². The Hall–Kier alpha value is -2.16. The van der Waals surface area contributed by atoms with Crippen molar-refractivity contribution >= 4 is 34.0 Å². The van der Waals surface area contributed by atoms with Crippen LogP contribution in [-0.4, -0.2) is 38.4 Å². The first-order valence-electron chi connectivity index (χ1n) is 8.70. The molecule has 1 heterocycles. The minimum atomic E-state index is -3.95. The van der Waals surface area contributed by atoms with Crippen molar-refractivity contribution in [2.45, 2.75) is 24.3 Å². The monoisotopic (exact) mass is 427 g/mol. The molecule has 3 rings (SSSR count). The Labute approximate surface area is 170 Å². The molecule has 1 saturated heterocycles. The number of sulfonamides is 1. The van der Waals surface area contributed by atoms with Gasteiger partial charge in [-0.25, -0.2) is 12.8 Å². The van der Waals surface area contributed by atoms with E-state index in [1.807, 2.05) is 6.92 Å². The molecule has 0 spiro atoms. The number of hydrogen-bond acceptors (Lipinski definition) is 4. The van der Waals surface area contributed by atoms with Crippen LogP contribution in [0.3, 0.4) is 0 Å². The predicted molar refractivity (Wildman–Crippen MR) is 109 cm³/mol. The zero-order valence-electron chi connectivity index (χ0n) is 15.3. The molecule has 2 atom stereocenters. The highest BCUT2D eigenvalue weighted by Crippen LogP contribution is 2.25. The van der Waals surface area contributed by atoms with Crippen molar-refractivity contribution in [3.8, 4) is 0 Å². The van der Waals surface area contributed by atoms with Crippen molar-refractivity contribution in [1.82, 2.24) is 4.90 Å². The van der Waals surface area contributed by atoms with Crippen LogP contribution in [0.25, 0.3) is 0 Å². The molecular weight excluding hydrogens is 405 g/mol. The number of nitrogens with two attached hydrogens (primary N) is 1. The summed E-state index contributed by atoms with van der Waals surface area (Å²) < 4.78 is 40.8. The number of carbonyl (C=O) groups excluding carboxylic acids is 1. The fraction of sp³-hybridized carbons (Fsp3) is 0.316. The van der Waals surface area contributed by atoms with Crippen LogP contribution in [0.4, 0.5) is 10.1 Å². The van der Waals surface area contributed by atoms with Gasteiger partial charge in [-0.05, 0) is 62.2 Å². The molecule has 2 aromatic carbocycles. The molecule has 1 fully saturated rings. The maximum atomic E-state index is 13.7. The summed E-state index contributed by atoms with van der Waals surface area (Å²) in [6.45, 7) is 3.11. The summed E-state index contributed by atoms with van der Waals surface area (Å²) >= 11 is 0. The lowest BCUT2D eigenvalue weighted by molar-refractivity contribution is 0.0743. The van der Waals surface area contributed by atoms with Crippen molar-refractivity contribution in [3.05, 3.63) is 59.9 Å². The zero-order chi connectivity index (χ0) is 19.6. The molecule has 2 aromatic rings. The van der Waals surface area contributed by atoms with Gasteiger partial charge in [-0.1, -0.05) is 12.1 Å². The Bertz CT molecular complexity index is 938. The second kappa shape index (κ2) is 8.89. The molecule has 2 unspecified atom stereocenters.